The fourth-order valence-electron chi connectivity index (χ4n) is 2.23. The van der Waals surface area contributed by atoms with Crippen molar-refractivity contribution in [3.8, 4) is 11.1 Å². The van der Waals surface area contributed by atoms with Crippen LogP contribution in [0.3, 0.4) is 0 Å². The third-order valence-corrected chi connectivity index (χ3v) is 3.68. The monoisotopic (exact) mass is 313 g/mol. The summed E-state index contributed by atoms with van der Waals surface area (Å²) in [6.45, 7) is 3.47. The maximum absolute atomic E-state index is 12.7. The van der Waals surface area contributed by atoms with Gasteiger partial charge in [0, 0.05) is 11.1 Å². The zero-order valence-electron chi connectivity index (χ0n) is 11.6. The Balaban J connectivity index is 2.46. The Labute approximate surface area is 126 Å². The van der Waals surface area contributed by atoms with Gasteiger partial charge < -0.3 is 5.73 Å². The first-order chi connectivity index (χ1) is 9.70. The minimum absolute atomic E-state index is 0.194. The van der Waals surface area contributed by atoms with E-state index in [9.17, 15) is 13.2 Å². The Hall–Kier alpha value is -1.52. The van der Waals surface area contributed by atoms with Gasteiger partial charge in [0.15, 0.2) is 0 Å². The maximum Gasteiger partial charge on any atom is 0.416 e. The van der Waals surface area contributed by atoms with Gasteiger partial charge in [-0.25, -0.2) is 0 Å². The lowest BCUT2D eigenvalue weighted by atomic mass is 9.96. The molecule has 1 atom stereocenters. The van der Waals surface area contributed by atoms with Gasteiger partial charge in [0.2, 0.25) is 0 Å². The van der Waals surface area contributed by atoms with E-state index in [1.165, 1.54) is 6.07 Å². The van der Waals surface area contributed by atoms with E-state index in [4.69, 9.17) is 17.3 Å². The molecule has 21 heavy (non-hydrogen) atoms. The average Bonchev–Trinajstić information content (AvgIpc) is 2.36. The minimum Gasteiger partial charge on any atom is -0.324 e. The van der Waals surface area contributed by atoms with Crippen molar-refractivity contribution in [3.63, 3.8) is 0 Å². The van der Waals surface area contributed by atoms with Crippen LogP contribution in [0.25, 0.3) is 11.1 Å². The molecule has 1 unspecified atom stereocenters. The molecule has 0 fully saturated rings. The van der Waals surface area contributed by atoms with E-state index in [-0.39, 0.29) is 6.04 Å². The zero-order valence-corrected chi connectivity index (χ0v) is 12.4. The van der Waals surface area contributed by atoms with E-state index in [1.54, 1.807) is 19.1 Å². The van der Waals surface area contributed by atoms with Crippen molar-refractivity contribution >= 4 is 11.6 Å². The minimum atomic E-state index is -4.33. The van der Waals surface area contributed by atoms with Gasteiger partial charge >= 0.3 is 6.18 Å². The summed E-state index contributed by atoms with van der Waals surface area (Å²) in [5.74, 6) is 0. The molecule has 0 aliphatic carbocycles. The molecule has 0 bridgehead atoms. The molecule has 2 rings (SSSR count). The van der Waals surface area contributed by atoms with Gasteiger partial charge in [-0.2, -0.15) is 13.2 Å². The van der Waals surface area contributed by atoms with Gasteiger partial charge in [0.1, 0.15) is 0 Å². The highest BCUT2D eigenvalue weighted by atomic mass is 35.5. The molecule has 0 amide bonds. The average molecular weight is 314 g/mol. The van der Waals surface area contributed by atoms with Crippen molar-refractivity contribution in [3.05, 3.63) is 58.1 Å². The van der Waals surface area contributed by atoms with Crippen LogP contribution in [0.1, 0.15) is 29.7 Å². The third kappa shape index (κ3) is 3.39. The molecule has 0 saturated carbocycles. The molecule has 112 valence electrons. The molecule has 0 aliphatic rings. The Kier molecular flexibility index (Phi) is 4.30. The molecule has 0 aromatic heterocycles. The van der Waals surface area contributed by atoms with Crippen molar-refractivity contribution in [1.82, 2.24) is 0 Å². The number of hydrogen-bond acceptors (Lipinski definition) is 1. The quantitative estimate of drug-likeness (QED) is 0.794. The first kappa shape index (κ1) is 15.9. The van der Waals surface area contributed by atoms with Crippen LogP contribution in [-0.2, 0) is 6.18 Å². The second-order valence-electron chi connectivity index (χ2n) is 5.05. The Morgan fingerprint density at radius 1 is 1.10 bits per heavy atom. The first-order valence-electron chi connectivity index (χ1n) is 6.43. The van der Waals surface area contributed by atoms with Crippen molar-refractivity contribution in [2.24, 2.45) is 5.73 Å². The molecule has 2 N–H and O–H groups in total. The second-order valence-corrected chi connectivity index (χ2v) is 5.46. The van der Waals surface area contributed by atoms with Gasteiger partial charge in [-0.05, 0) is 54.3 Å². The fraction of sp³-hybridized carbons (Fsp3) is 0.250. The molecule has 5 heteroatoms. The standard InChI is InChI=1S/C16H15ClF3N/c1-9-7-12(16(18,19)20)4-6-13(9)11-3-5-14(10(2)21)15(17)8-11/h3-8,10H,21H2,1-2H3. The van der Waals surface area contributed by atoms with Crippen LogP contribution in [0.5, 0.6) is 0 Å². The van der Waals surface area contributed by atoms with Crippen molar-refractivity contribution in [2.45, 2.75) is 26.1 Å². The van der Waals surface area contributed by atoms with Crippen molar-refractivity contribution in [2.75, 3.05) is 0 Å². The lowest BCUT2D eigenvalue weighted by Gasteiger charge is -2.13. The lowest BCUT2D eigenvalue weighted by Crippen LogP contribution is -2.06. The van der Waals surface area contributed by atoms with Crippen LogP contribution < -0.4 is 5.73 Å². The van der Waals surface area contributed by atoms with E-state index in [0.717, 1.165) is 28.8 Å². The Morgan fingerprint density at radius 3 is 2.24 bits per heavy atom. The smallest absolute Gasteiger partial charge is 0.324 e. The number of nitrogens with two attached hydrogens (primary N) is 1. The predicted octanol–water partition coefficient (Wildman–Crippen LogP) is 5.35. The summed E-state index contributed by atoms with van der Waals surface area (Å²) in [5, 5.41) is 0.516. The third-order valence-electron chi connectivity index (χ3n) is 3.36. The summed E-state index contributed by atoms with van der Waals surface area (Å²) < 4.78 is 38.0. The van der Waals surface area contributed by atoms with Gasteiger partial charge in [0.05, 0.1) is 5.56 Å². The predicted molar refractivity (Wildman–Crippen MR) is 79.2 cm³/mol. The molecule has 0 spiro atoms. The maximum atomic E-state index is 12.7. The van der Waals surface area contributed by atoms with E-state index in [2.05, 4.69) is 0 Å². The Morgan fingerprint density at radius 2 is 1.76 bits per heavy atom. The highest BCUT2D eigenvalue weighted by Gasteiger charge is 2.30. The number of hydrogen-bond donors (Lipinski definition) is 1. The molecule has 2 aromatic rings. The Bertz CT molecular complexity index is 663. The zero-order chi connectivity index (χ0) is 15.8. The molecule has 1 nitrogen and oxygen atoms in total. The van der Waals surface area contributed by atoms with Crippen LogP contribution >= 0.6 is 11.6 Å². The highest BCUT2D eigenvalue weighted by Crippen LogP contribution is 2.34. The largest absolute Gasteiger partial charge is 0.416 e. The summed E-state index contributed by atoms with van der Waals surface area (Å²) in [6, 6.07) is 8.85. The van der Waals surface area contributed by atoms with Crippen LogP contribution in [-0.4, -0.2) is 0 Å². The molecular weight excluding hydrogens is 299 g/mol. The van der Waals surface area contributed by atoms with Crippen molar-refractivity contribution in [1.29, 1.82) is 0 Å². The van der Waals surface area contributed by atoms with E-state index in [0.29, 0.717) is 10.6 Å². The topological polar surface area (TPSA) is 26.0 Å². The summed E-state index contributed by atoms with van der Waals surface area (Å²) in [4.78, 5) is 0. The number of halogens is 4. The summed E-state index contributed by atoms with van der Waals surface area (Å²) >= 11 is 6.17. The number of aryl methyl sites for hydroxylation is 1. The SMILES string of the molecule is Cc1cc(C(F)(F)F)ccc1-c1ccc(C(C)N)c(Cl)c1. The first-order valence-corrected chi connectivity index (χ1v) is 6.81. The van der Waals surface area contributed by atoms with Crippen LogP contribution in [0, 0.1) is 6.92 Å². The van der Waals surface area contributed by atoms with Crippen LogP contribution in [0.4, 0.5) is 13.2 Å². The van der Waals surface area contributed by atoms with Gasteiger partial charge in [0.25, 0.3) is 0 Å². The number of rotatable bonds is 2. The lowest BCUT2D eigenvalue weighted by molar-refractivity contribution is -0.137. The normalized spacial score (nSPS) is 13.3. The van der Waals surface area contributed by atoms with Gasteiger partial charge in [-0.15, -0.1) is 0 Å². The molecule has 0 aliphatic heterocycles. The molecule has 0 saturated heterocycles. The molecule has 2 aromatic carbocycles. The van der Waals surface area contributed by atoms with Crippen LogP contribution in [0.2, 0.25) is 5.02 Å². The highest BCUT2D eigenvalue weighted by molar-refractivity contribution is 6.31. The molecular formula is C16H15ClF3N. The van der Waals surface area contributed by atoms with Gasteiger partial charge in [-0.1, -0.05) is 29.8 Å². The summed E-state index contributed by atoms with van der Waals surface area (Å²) in [5.41, 5.74) is 8.00. The fourth-order valence-corrected chi connectivity index (χ4v) is 2.58. The second kappa shape index (κ2) is 5.70. The number of alkyl halides is 3. The van der Waals surface area contributed by atoms with Crippen LogP contribution in [0.15, 0.2) is 36.4 Å². The molecule has 0 radical (unpaired) electrons. The summed E-state index contributed by atoms with van der Waals surface area (Å²) in [7, 11) is 0. The van der Waals surface area contributed by atoms with Gasteiger partial charge in [-0.3, -0.25) is 0 Å². The van der Waals surface area contributed by atoms with Crippen molar-refractivity contribution < 1.29 is 13.2 Å². The summed E-state index contributed by atoms with van der Waals surface area (Å²) in [6.07, 6.45) is -4.33. The van der Waals surface area contributed by atoms with E-state index in [1.807, 2.05) is 13.0 Å². The van der Waals surface area contributed by atoms with E-state index < -0.39 is 11.7 Å². The van der Waals surface area contributed by atoms with E-state index >= 15 is 0 Å². The molecule has 0 heterocycles. The number of benzene rings is 2.